The highest BCUT2D eigenvalue weighted by Gasteiger charge is 2.59. The van der Waals surface area contributed by atoms with Crippen molar-refractivity contribution in [2.75, 3.05) is 0 Å². The molecule has 3 N–H and O–H groups in total. The summed E-state index contributed by atoms with van der Waals surface area (Å²) in [6.07, 6.45) is 2.99. The minimum absolute atomic E-state index is 0.113. The first-order chi connectivity index (χ1) is 18.5. The van der Waals surface area contributed by atoms with E-state index in [-0.39, 0.29) is 26.8 Å². The van der Waals surface area contributed by atoms with Crippen LogP contribution in [0.4, 0.5) is 0 Å². The van der Waals surface area contributed by atoms with Crippen LogP contribution in [0, 0.1) is 17.3 Å². The van der Waals surface area contributed by atoms with Gasteiger partial charge in [-0.05, 0) is 109 Å². The highest BCUT2D eigenvalue weighted by atomic mass is 32.2. The summed E-state index contributed by atoms with van der Waals surface area (Å²) in [5.74, 6) is 1.38. The monoisotopic (exact) mass is 585 g/mol. The first-order valence-electron chi connectivity index (χ1n) is 14.3. The van der Waals surface area contributed by atoms with Crippen LogP contribution in [0.2, 0.25) is 18.1 Å². The molecule has 40 heavy (non-hydrogen) atoms. The van der Waals surface area contributed by atoms with Crippen molar-refractivity contribution in [3.63, 3.8) is 0 Å². The maximum atomic E-state index is 13.1. The van der Waals surface area contributed by atoms with Gasteiger partial charge in [-0.3, -0.25) is 0 Å². The summed E-state index contributed by atoms with van der Waals surface area (Å²) in [4.78, 5) is 13.0. The number of benzene rings is 2. The highest BCUT2D eigenvalue weighted by Crippen LogP contribution is 2.61. The van der Waals surface area contributed by atoms with Crippen molar-refractivity contribution in [1.29, 1.82) is 0 Å². The van der Waals surface area contributed by atoms with Gasteiger partial charge in [0.15, 0.2) is 0 Å². The Hall–Kier alpha value is -2.20. The summed E-state index contributed by atoms with van der Waals surface area (Å²) in [5.41, 5.74) is 2.53. The third-order valence-electron chi connectivity index (χ3n) is 10.4. The van der Waals surface area contributed by atoms with Gasteiger partial charge >= 0.3 is 5.97 Å². The number of aliphatic hydroxyl groups is 1. The lowest BCUT2D eigenvalue weighted by atomic mass is 9.55. The number of primary sulfonamides is 1. The number of rotatable bonds is 5. The van der Waals surface area contributed by atoms with Gasteiger partial charge < -0.3 is 14.3 Å². The molecule has 2 aromatic rings. The highest BCUT2D eigenvalue weighted by molar-refractivity contribution is 7.89. The van der Waals surface area contributed by atoms with Crippen LogP contribution < -0.4 is 9.56 Å². The molecule has 2 fully saturated rings. The molecule has 0 radical (unpaired) electrons. The molecule has 0 aliphatic heterocycles. The Labute approximate surface area is 239 Å². The molecular weight excluding hydrogens is 542 g/mol. The zero-order chi connectivity index (χ0) is 29.3. The van der Waals surface area contributed by atoms with Crippen molar-refractivity contribution in [2.24, 2.45) is 22.4 Å². The lowest BCUT2D eigenvalue weighted by Gasteiger charge is -2.50. The smallest absolute Gasteiger partial charge is 0.338 e. The van der Waals surface area contributed by atoms with Crippen molar-refractivity contribution in [3.05, 3.63) is 59.2 Å². The van der Waals surface area contributed by atoms with Crippen molar-refractivity contribution < 1.29 is 27.5 Å². The van der Waals surface area contributed by atoms with E-state index in [1.165, 1.54) is 35.4 Å². The quantitative estimate of drug-likeness (QED) is 0.340. The Balaban J connectivity index is 1.34. The molecule has 5 rings (SSSR count). The predicted octanol–water partition coefficient (Wildman–Crippen LogP) is 5.77. The summed E-state index contributed by atoms with van der Waals surface area (Å²) >= 11 is 0. The second-order valence-corrected chi connectivity index (χ2v) is 20.2. The van der Waals surface area contributed by atoms with Crippen LogP contribution in [-0.4, -0.2) is 40.0 Å². The van der Waals surface area contributed by atoms with E-state index in [9.17, 15) is 18.3 Å². The van der Waals surface area contributed by atoms with Gasteiger partial charge in [0.25, 0.3) is 0 Å². The fraction of sp³-hybridized carbons (Fsp3) is 0.581. The van der Waals surface area contributed by atoms with E-state index >= 15 is 0 Å². The van der Waals surface area contributed by atoms with Crippen LogP contribution in [0.1, 0.15) is 80.8 Å². The zero-order valence-electron chi connectivity index (χ0n) is 24.4. The first kappa shape index (κ1) is 29.3. The third kappa shape index (κ3) is 5.14. The van der Waals surface area contributed by atoms with Gasteiger partial charge in [-0.15, -0.1) is 0 Å². The molecule has 0 aromatic heterocycles. The molecule has 9 heteroatoms. The molecule has 6 atom stereocenters. The molecule has 7 nitrogen and oxygen atoms in total. The Morgan fingerprint density at radius 3 is 2.52 bits per heavy atom. The molecule has 0 saturated heterocycles. The van der Waals surface area contributed by atoms with Gasteiger partial charge in [0.05, 0.1) is 16.6 Å². The van der Waals surface area contributed by atoms with E-state index in [2.05, 4.69) is 59.0 Å². The van der Waals surface area contributed by atoms with E-state index in [0.29, 0.717) is 18.3 Å². The van der Waals surface area contributed by atoms with Crippen molar-refractivity contribution in [1.82, 2.24) is 0 Å². The van der Waals surface area contributed by atoms with Crippen LogP contribution in [0.25, 0.3) is 0 Å². The molecule has 2 saturated carbocycles. The summed E-state index contributed by atoms with van der Waals surface area (Å²) < 4.78 is 36.1. The molecule has 0 amide bonds. The summed E-state index contributed by atoms with van der Waals surface area (Å²) in [6, 6.07) is 12.2. The van der Waals surface area contributed by atoms with Crippen molar-refractivity contribution >= 4 is 24.3 Å². The van der Waals surface area contributed by atoms with Crippen LogP contribution in [0.3, 0.4) is 0 Å². The van der Waals surface area contributed by atoms with E-state index in [0.717, 1.165) is 31.4 Å². The number of hydrogen-bond acceptors (Lipinski definition) is 6. The Kier molecular flexibility index (Phi) is 7.30. The van der Waals surface area contributed by atoms with Crippen molar-refractivity contribution in [2.45, 2.75) is 101 Å². The Morgan fingerprint density at radius 1 is 1.12 bits per heavy atom. The minimum Gasteiger partial charge on any atom is -0.543 e. The number of carbonyl (C=O) groups is 1. The van der Waals surface area contributed by atoms with E-state index in [1.807, 2.05) is 0 Å². The number of carbonyl (C=O) groups excluding carboxylic acids is 1. The molecule has 0 bridgehead atoms. The fourth-order valence-electron chi connectivity index (χ4n) is 7.23. The van der Waals surface area contributed by atoms with Crippen LogP contribution >= 0.6 is 0 Å². The number of esters is 1. The number of fused-ring (bicyclic) bond motifs is 5. The van der Waals surface area contributed by atoms with E-state index in [4.69, 9.17) is 14.3 Å². The van der Waals surface area contributed by atoms with Crippen LogP contribution in [0.5, 0.6) is 5.75 Å². The normalized spacial score (nSPS) is 30.1. The molecule has 0 spiro atoms. The van der Waals surface area contributed by atoms with Gasteiger partial charge in [0.1, 0.15) is 11.9 Å². The van der Waals surface area contributed by atoms with Gasteiger partial charge in [-0.2, -0.15) is 0 Å². The number of aliphatic hydroxyl groups excluding tert-OH is 1. The van der Waals surface area contributed by atoms with E-state index < -0.39 is 36.5 Å². The number of aryl methyl sites for hydroxylation is 1. The molecule has 3 aliphatic rings. The number of sulfonamides is 1. The Bertz CT molecular complexity index is 1420. The summed E-state index contributed by atoms with van der Waals surface area (Å²) in [7, 11) is -5.87. The second kappa shape index (κ2) is 9.96. The summed E-state index contributed by atoms with van der Waals surface area (Å²) in [6.45, 7) is 13.5. The number of hydrogen-bond donors (Lipinski definition) is 2. The molecular formula is C31H43NO6SSi. The first-order valence-corrected chi connectivity index (χ1v) is 18.8. The van der Waals surface area contributed by atoms with E-state index in [1.54, 1.807) is 0 Å². The zero-order valence-corrected chi connectivity index (χ0v) is 26.3. The standard InChI is InChI=1S/C31H43NO6SSi/c1-30(2,3)40(5,6)38-21-11-13-23-19(16-21)10-12-25-24(23)14-15-31(4)26(25)18-27(33)28(31)37-29(34)20-8-7-9-22(17-20)39(32,35)36/h7-9,11,13,16-17,24-28,33H,10,12,14-15,18H2,1-6H3,(H2,32,35,36)/t24?,25?,26?,27-,28+,31+/m1/s1. The molecule has 3 unspecified atom stereocenters. The molecule has 2 aromatic carbocycles. The molecule has 218 valence electrons. The Morgan fingerprint density at radius 2 is 1.85 bits per heavy atom. The van der Waals surface area contributed by atoms with Crippen LogP contribution in [-0.2, 0) is 21.2 Å². The van der Waals surface area contributed by atoms with Crippen LogP contribution in [0.15, 0.2) is 47.4 Å². The molecule has 0 heterocycles. The average Bonchev–Trinajstić information content (AvgIpc) is 3.12. The minimum atomic E-state index is -3.95. The maximum Gasteiger partial charge on any atom is 0.338 e. The third-order valence-corrected chi connectivity index (χ3v) is 15.7. The van der Waals surface area contributed by atoms with Gasteiger partial charge in [-0.1, -0.05) is 39.8 Å². The SMILES string of the molecule is CC(C)(C)[Si](C)(C)Oc1ccc2c(c1)CCC1C2CC[C@@]2(C)C1C[C@@H](O)[C@@H]2OC(=O)c1cccc(S(N)(=O)=O)c1. The predicted molar refractivity (Wildman–Crippen MR) is 157 cm³/mol. The number of nitrogens with two attached hydrogens (primary N) is 1. The largest absolute Gasteiger partial charge is 0.543 e. The average molecular weight is 586 g/mol. The van der Waals surface area contributed by atoms with Gasteiger partial charge in [-0.25, -0.2) is 18.4 Å². The van der Waals surface area contributed by atoms with Gasteiger partial charge in [0, 0.05) is 5.41 Å². The van der Waals surface area contributed by atoms with Gasteiger partial charge in [0.2, 0.25) is 18.3 Å². The fourth-order valence-corrected chi connectivity index (χ4v) is 8.82. The van der Waals surface area contributed by atoms with Crippen molar-refractivity contribution in [3.8, 4) is 5.75 Å². The second-order valence-electron chi connectivity index (χ2n) is 13.9. The lowest BCUT2D eigenvalue weighted by Crippen LogP contribution is -2.46. The lowest BCUT2D eigenvalue weighted by molar-refractivity contribution is -0.0676. The summed E-state index contributed by atoms with van der Waals surface area (Å²) in [5, 5.41) is 16.5. The number of ether oxygens (including phenoxy) is 1. The molecule has 3 aliphatic carbocycles. The maximum absolute atomic E-state index is 13.1. The topological polar surface area (TPSA) is 116 Å².